The molecule has 0 unspecified atom stereocenters. The number of nitrogens with zero attached hydrogens (tertiary/aromatic N) is 2. The Kier molecular flexibility index (Phi) is 6.56. The molecule has 0 saturated heterocycles. The van der Waals surface area contributed by atoms with E-state index in [0.717, 1.165) is 10.2 Å². The third-order valence-corrected chi connectivity index (χ3v) is 1.75. The third kappa shape index (κ3) is 7.53. The van der Waals surface area contributed by atoms with E-state index in [2.05, 4.69) is 26.3 Å². The number of benzene rings is 1. The van der Waals surface area contributed by atoms with Gasteiger partial charge in [-0.1, -0.05) is 15.9 Å². The second kappa shape index (κ2) is 7.43. The van der Waals surface area contributed by atoms with Gasteiger partial charge in [-0.2, -0.15) is 0 Å². The summed E-state index contributed by atoms with van der Waals surface area (Å²) in [6.45, 7) is 0. The van der Waals surface area contributed by atoms with Crippen molar-refractivity contribution >= 4 is 27.6 Å². The van der Waals surface area contributed by atoms with Crippen molar-refractivity contribution in [2.45, 2.75) is 0 Å². The Bertz CT molecular complexity index is 363. The number of hydrogen-bond acceptors (Lipinski definition) is 4. The molecule has 1 aromatic rings. The van der Waals surface area contributed by atoms with Crippen molar-refractivity contribution in [1.82, 2.24) is 5.43 Å². The van der Waals surface area contributed by atoms with Gasteiger partial charge in [0.15, 0.2) is 0 Å². The van der Waals surface area contributed by atoms with Gasteiger partial charge in [0.05, 0.1) is 5.69 Å². The monoisotopic (exact) mass is 291 g/mol. The fourth-order valence-electron chi connectivity index (χ4n) is 0.687. The first kappa shape index (κ1) is 14.1. The van der Waals surface area contributed by atoms with Crippen LogP contribution in [0.3, 0.4) is 0 Å². The molecule has 0 atom stereocenters. The van der Waals surface area contributed by atoms with E-state index in [-0.39, 0.29) is 5.96 Å². The first-order chi connectivity index (χ1) is 7.45. The average molecular weight is 292 g/mol. The van der Waals surface area contributed by atoms with Crippen molar-refractivity contribution in [3.63, 3.8) is 0 Å². The summed E-state index contributed by atoms with van der Waals surface area (Å²) < 4.78 is 1.00. The highest BCUT2D eigenvalue weighted by Crippen LogP contribution is 2.16. The largest absolute Gasteiger partial charge is 0.369 e. The highest BCUT2D eigenvalue weighted by Gasteiger charge is 1.90. The van der Waals surface area contributed by atoms with Crippen LogP contribution in [0.15, 0.2) is 33.7 Å². The fourth-order valence-corrected chi connectivity index (χ4v) is 0.951. The fraction of sp³-hybridized carbons (Fsp3) is 0. The first-order valence-electron chi connectivity index (χ1n) is 3.85. The minimum atomic E-state index is -1.50. The van der Waals surface area contributed by atoms with E-state index in [1.54, 1.807) is 0 Å². The van der Waals surface area contributed by atoms with E-state index in [4.69, 9.17) is 26.9 Å². The van der Waals surface area contributed by atoms with E-state index >= 15 is 0 Å². The second-order valence-electron chi connectivity index (χ2n) is 2.36. The standard InChI is InChI=1S/C7H9BrN4.HNO3/c8-5-1-3-6(4-2-5)11-7(9)12-10;2-1(3)4/h1-4H,10H2,(H3,9,11,12);(H,2,3,4). The molecule has 0 aromatic heterocycles. The Morgan fingerprint density at radius 3 is 2.31 bits per heavy atom. The van der Waals surface area contributed by atoms with Crippen LogP contribution in [0.4, 0.5) is 5.69 Å². The second-order valence-corrected chi connectivity index (χ2v) is 3.27. The van der Waals surface area contributed by atoms with Crippen LogP contribution in [-0.4, -0.2) is 16.3 Å². The topological polar surface area (TPSA) is 140 Å². The maximum absolute atomic E-state index is 8.36. The van der Waals surface area contributed by atoms with Crippen molar-refractivity contribution < 1.29 is 10.3 Å². The lowest BCUT2D eigenvalue weighted by atomic mass is 10.3. The summed E-state index contributed by atoms with van der Waals surface area (Å²) in [5.41, 5.74) is 8.35. The number of halogens is 1. The predicted octanol–water partition coefficient (Wildman–Crippen LogP) is 0.511. The quantitative estimate of drug-likeness (QED) is 0.195. The number of rotatable bonds is 1. The van der Waals surface area contributed by atoms with E-state index < -0.39 is 5.09 Å². The molecular weight excluding hydrogens is 282 g/mol. The van der Waals surface area contributed by atoms with Crippen molar-refractivity contribution in [2.24, 2.45) is 16.6 Å². The number of nitrogens with two attached hydrogens (primary N) is 2. The number of hydrazine groups is 1. The zero-order valence-electron chi connectivity index (χ0n) is 8.00. The van der Waals surface area contributed by atoms with Crippen LogP contribution in [-0.2, 0) is 0 Å². The maximum atomic E-state index is 8.36. The van der Waals surface area contributed by atoms with Crippen LogP contribution in [0.5, 0.6) is 0 Å². The number of guanidine groups is 1. The van der Waals surface area contributed by atoms with Gasteiger partial charge in [0, 0.05) is 4.47 Å². The Hall–Kier alpha value is -1.87. The number of aliphatic imine (C=N–C) groups is 1. The van der Waals surface area contributed by atoms with E-state index in [1.807, 2.05) is 24.3 Å². The highest BCUT2D eigenvalue weighted by atomic mass is 79.9. The highest BCUT2D eigenvalue weighted by molar-refractivity contribution is 9.10. The van der Waals surface area contributed by atoms with Gasteiger partial charge in [0.1, 0.15) is 0 Å². The molecule has 0 heterocycles. The van der Waals surface area contributed by atoms with Crippen molar-refractivity contribution in [2.75, 3.05) is 0 Å². The Morgan fingerprint density at radius 2 is 1.94 bits per heavy atom. The summed E-state index contributed by atoms with van der Waals surface area (Å²) in [5.74, 6) is 5.23. The Balaban J connectivity index is 0.000000487. The molecule has 88 valence electrons. The summed E-state index contributed by atoms with van der Waals surface area (Å²) in [7, 11) is 0. The van der Waals surface area contributed by atoms with Crippen LogP contribution in [0.25, 0.3) is 0 Å². The van der Waals surface area contributed by atoms with Crippen molar-refractivity contribution in [3.8, 4) is 0 Å². The van der Waals surface area contributed by atoms with E-state index in [0.29, 0.717) is 0 Å². The van der Waals surface area contributed by atoms with Gasteiger partial charge < -0.3 is 10.9 Å². The SMILES string of the molecule is NNC(N)=Nc1ccc(Br)cc1.O=[N+]([O-])O. The minimum Gasteiger partial charge on any atom is -0.369 e. The van der Waals surface area contributed by atoms with Crippen LogP contribution in [0.2, 0.25) is 0 Å². The molecule has 0 fully saturated rings. The molecule has 8 nitrogen and oxygen atoms in total. The molecule has 0 bridgehead atoms. The molecule has 0 aliphatic heterocycles. The lowest BCUT2D eigenvalue weighted by Crippen LogP contribution is -2.36. The van der Waals surface area contributed by atoms with Crippen LogP contribution < -0.4 is 17.0 Å². The lowest BCUT2D eigenvalue weighted by Gasteiger charge is -1.97. The molecule has 0 radical (unpaired) electrons. The van der Waals surface area contributed by atoms with Crippen LogP contribution in [0.1, 0.15) is 0 Å². The predicted molar refractivity (Wildman–Crippen MR) is 61.5 cm³/mol. The van der Waals surface area contributed by atoms with Crippen molar-refractivity contribution in [1.29, 1.82) is 0 Å². The van der Waals surface area contributed by atoms with Crippen LogP contribution >= 0.6 is 15.9 Å². The summed E-state index contributed by atoms with van der Waals surface area (Å²) >= 11 is 3.31. The van der Waals surface area contributed by atoms with E-state index in [1.165, 1.54) is 0 Å². The zero-order chi connectivity index (χ0) is 12.6. The lowest BCUT2D eigenvalue weighted by molar-refractivity contribution is -0.742. The normalized spacial score (nSPS) is 10.0. The van der Waals surface area contributed by atoms with Gasteiger partial charge in [-0.25, -0.2) is 10.8 Å². The van der Waals surface area contributed by atoms with Gasteiger partial charge in [-0.15, -0.1) is 10.1 Å². The number of hydrogen-bond donors (Lipinski definition) is 4. The molecule has 0 saturated carbocycles. The average Bonchev–Trinajstić information content (AvgIpc) is 2.20. The van der Waals surface area contributed by atoms with Gasteiger partial charge >= 0.3 is 0 Å². The molecular formula is C7H10BrN5O3. The molecule has 16 heavy (non-hydrogen) atoms. The van der Waals surface area contributed by atoms with Gasteiger partial charge in [0.2, 0.25) is 5.96 Å². The molecule has 9 heteroatoms. The number of nitrogens with one attached hydrogen (secondary N) is 1. The van der Waals surface area contributed by atoms with E-state index in [9.17, 15) is 0 Å². The molecule has 0 aliphatic rings. The minimum absolute atomic E-state index is 0.192. The summed E-state index contributed by atoms with van der Waals surface area (Å²) in [6.07, 6.45) is 0. The third-order valence-electron chi connectivity index (χ3n) is 1.22. The first-order valence-corrected chi connectivity index (χ1v) is 4.64. The maximum Gasteiger partial charge on any atom is 0.291 e. The van der Waals surface area contributed by atoms with Gasteiger partial charge in [-0.3, -0.25) is 5.43 Å². The molecule has 0 aliphatic carbocycles. The summed E-state index contributed by atoms with van der Waals surface area (Å²) in [6, 6.07) is 7.41. The molecule has 0 amide bonds. The van der Waals surface area contributed by atoms with Crippen molar-refractivity contribution in [3.05, 3.63) is 38.9 Å². The Morgan fingerprint density at radius 1 is 1.50 bits per heavy atom. The smallest absolute Gasteiger partial charge is 0.291 e. The zero-order valence-corrected chi connectivity index (χ0v) is 9.59. The Labute approximate surface area is 99.2 Å². The molecule has 1 aromatic carbocycles. The molecule has 1 rings (SSSR count). The molecule has 0 spiro atoms. The summed E-state index contributed by atoms with van der Waals surface area (Å²) in [4.78, 5) is 12.3. The summed E-state index contributed by atoms with van der Waals surface area (Å²) in [5, 5.41) is 13.6. The van der Waals surface area contributed by atoms with Gasteiger partial charge in [0.25, 0.3) is 5.09 Å². The molecule has 6 N–H and O–H groups in total. The van der Waals surface area contributed by atoms with Crippen LogP contribution in [0, 0.1) is 10.1 Å². The van der Waals surface area contributed by atoms with Gasteiger partial charge in [-0.05, 0) is 24.3 Å².